The molecule has 6 nitrogen and oxygen atoms in total. The lowest BCUT2D eigenvalue weighted by molar-refractivity contribution is 0.0590. The molecule has 2 N–H and O–H groups in total. The number of hydrogen-bond acceptors (Lipinski definition) is 5. The number of ether oxygens (including phenoxy) is 2. The standard InChI is InChI=1S/C12H11NO5/c1-17-6-3-4-7-8(5-6)11(15)13-9(10(7)14)12(16)18-2/h3-5,14H,1-2H3,(H,13,15). The Bertz CT molecular complexity index is 674. The second-order valence-electron chi connectivity index (χ2n) is 3.58. The van der Waals surface area contributed by atoms with E-state index >= 15 is 0 Å². The number of fused-ring (bicyclic) bond motifs is 1. The number of aromatic nitrogens is 1. The molecule has 1 heterocycles. The summed E-state index contributed by atoms with van der Waals surface area (Å²) in [5.74, 6) is -0.639. The molecule has 2 rings (SSSR count). The maximum Gasteiger partial charge on any atom is 0.358 e. The first kappa shape index (κ1) is 12.0. The first-order valence-electron chi connectivity index (χ1n) is 5.09. The van der Waals surface area contributed by atoms with Crippen LogP contribution in [0.5, 0.6) is 11.5 Å². The highest BCUT2D eigenvalue weighted by molar-refractivity contribution is 5.99. The smallest absolute Gasteiger partial charge is 0.358 e. The number of carbonyl (C=O) groups excluding carboxylic acids is 1. The Morgan fingerprint density at radius 2 is 2.00 bits per heavy atom. The van der Waals surface area contributed by atoms with Crippen molar-refractivity contribution < 1.29 is 19.4 Å². The number of aromatic hydroxyl groups is 1. The fourth-order valence-electron chi connectivity index (χ4n) is 1.67. The minimum atomic E-state index is -0.803. The number of methoxy groups -OCH3 is 2. The molecule has 0 radical (unpaired) electrons. The van der Waals surface area contributed by atoms with Crippen LogP contribution in [0.15, 0.2) is 23.0 Å². The molecule has 1 aromatic carbocycles. The number of aromatic amines is 1. The summed E-state index contributed by atoms with van der Waals surface area (Å²) < 4.78 is 9.46. The number of hydrogen-bond donors (Lipinski definition) is 2. The highest BCUT2D eigenvalue weighted by Crippen LogP contribution is 2.27. The van der Waals surface area contributed by atoms with Crippen molar-refractivity contribution in [2.75, 3.05) is 14.2 Å². The zero-order chi connectivity index (χ0) is 13.3. The molecule has 0 saturated heterocycles. The van der Waals surface area contributed by atoms with E-state index < -0.39 is 11.5 Å². The van der Waals surface area contributed by atoms with Gasteiger partial charge in [0.05, 0.1) is 19.6 Å². The van der Waals surface area contributed by atoms with Crippen LogP contribution >= 0.6 is 0 Å². The molecular weight excluding hydrogens is 238 g/mol. The Balaban J connectivity index is 2.80. The molecule has 0 saturated carbocycles. The molecule has 0 aliphatic rings. The summed E-state index contributed by atoms with van der Waals surface area (Å²) in [6, 6.07) is 4.57. The predicted molar refractivity (Wildman–Crippen MR) is 64.1 cm³/mol. The van der Waals surface area contributed by atoms with Crippen molar-refractivity contribution in [3.05, 3.63) is 34.2 Å². The summed E-state index contributed by atoms with van der Waals surface area (Å²) >= 11 is 0. The van der Waals surface area contributed by atoms with Gasteiger partial charge in [-0.2, -0.15) is 0 Å². The van der Waals surface area contributed by atoms with E-state index in [1.54, 1.807) is 6.07 Å². The molecule has 18 heavy (non-hydrogen) atoms. The molecule has 0 unspecified atom stereocenters. The maximum absolute atomic E-state index is 11.8. The van der Waals surface area contributed by atoms with Crippen LogP contribution in [0.4, 0.5) is 0 Å². The molecule has 0 atom stereocenters. The third-order valence-corrected chi connectivity index (χ3v) is 2.59. The minimum absolute atomic E-state index is 0.236. The van der Waals surface area contributed by atoms with Gasteiger partial charge in [0, 0.05) is 5.39 Å². The Hall–Kier alpha value is -2.50. The SMILES string of the molecule is COC(=O)c1[nH]c(=O)c2cc(OC)ccc2c1O. The summed E-state index contributed by atoms with van der Waals surface area (Å²) in [4.78, 5) is 25.5. The van der Waals surface area contributed by atoms with Gasteiger partial charge in [-0.15, -0.1) is 0 Å². The van der Waals surface area contributed by atoms with E-state index in [-0.39, 0.29) is 22.2 Å². The zero-order valence-corrected chi connectivity index (χ0v) is 9.81. The number of rotatable bonds is 2. The second kappa shape index (κ2) is 4.40. The molecule has 0 bridgehead atoms. The van der Waals surface area contributed by atoms with Crippen LogP contribution in [0.25, 0.3) is 10.8 Å². The molecule has 1 aromatic heterocycles. The number of benzene rings is 1. The predicted octanol–water partition coefficient (Wildman–Crippen LogP) is 1.03. The van der Waals surface area contributed by atoms with Gasteiger partial charge >= 0.3 is 5.97 Å². The number of carbonyl (C=O) groups is 1. The van der Waals surface area contributed by atoms with Gasteiger partial charge in [-0.05, 0) is 18.2 Å². The van der Waals surface area contributed by atoms with Crippen molar-refractivity contribution in [1.82, 2.24) is 4.98 Å². The van der Waals surface area contributed by atoms with Crippen molar-refractivity contribution in [3.8, 4) is 11.5 Å². The van der Waals surface area contributed by atoms with Crippen molar-refractivity contribution in [2.45, 2.75) is 0 Å². The summed E-state index contributed by atoms with van der Waals surface area (Å²) in [6.07, 6.45) is 0. The van der Waals surface area contributed by atoms with Crippen LogP contribution in [0.2, 0.25) is 0 Å². The van der Waals surface area contributed by atoms with Gasteiger partial charge in [-0.1, -0.05) is 0 Å². The van der Waals surface area contributed by atoms with Gasteiger partial charge in [0.25, 0.3) is 5.56 Å². The van der Waals surface area contributed by atoms with Crippen molar-refractivity contribution in [2.24, 2.45) is 0 Å². The number of H-pyrrole nitrogens is 1. The molecular formula is C12H11NO5. The van der Waals surface area contributed by atoms with Crippen LogP contribution in [0, 0.1) is 0 Å². The van der Waals surface area contributed by atoms with E-state index in [0.29, 0.717) is 5.75 Å². The Morgan fingerprint density at radius 3 is 2.61 bits per heavy atom. The fraction of sp³-hybridized carbons (Fsp3) is 0.167. The van der Waals surface area contributed by atoms with E-state index in [4.69, 9.17) is 4.74 Å². The Labute approximate surface area is 102 Å². The van der Waals surface area contributed by atoms with Gasteiger partial charge in [-0.25, -0.2) is 4.79 Å². The van der Waals surface area contributed by atoms with E-state index in [1.807, 2.05) is 0 Å². The average molecular weight is 249 g/mol. The minimum Gasteiger partial charge on any atom is -0.505 e. The second-order valence-corrected chi connectivity index (χ2v) is 3.58. The van der Waals surface area contributed by atoms with Gasteiger partial charge in [0.2, 0.25) is 0 Å². The monoisotopic (exact) mass is 249 g/mol. The molecule has 0 aliphatic heterocycles. The quantitative estimate of drug-likeness (QED) is 0.776. The third-order valence-electron chi connectivity index (χ3n) is 2.59. The van der Waals surface area contributed by atoms with Crippen LogP contribution in [0.1, 0.15) is 10.5 Å². The van der Waals surface area contributed by atoms with E-state index in [2.05, 4.69) is 9.72 Å². The van der Waals surface area contributed by atoms with Gasteiger partial charge in [0.15, 0.2) is 11.4 Å². The van der Waals surface area contributed by atoms with Crippen molar-refractivity contribution in [1.29, 1.82) is 0 Å². The van der Waals surface area contributed by atoms with Crippen LogP contribution in [-0.4, -0.2) is 30.3 Å². The lowest BCUT2D eigenvalue weighted by Gasteiger charge is -2.07. The first-order valence-corrected chi connectivity index (χ1v) is 5.09. The molecule has 0 fully saturated rings. The topological polar surface area (TPSA) is 88.6 Å². The van der Waals surface area contributed by atoms with Crippen molar-refractivity contribution >= 4 is 16.7 Å². The van der Waals surface area contributed by atoms with Gasteiger partial charge in [0.1, 0.15) is 5.75 Å². The third kappa shape index (κ3) is 1.77. The van der Waals surface area contributed by atoms with Crippen LogP contribution < -0.4 is 10.3 Å². The normalized spacial score (nSPS) is 10.3. The highest BCUT2D eigenvalue weighted by Gasteiger charge is 2.17. The van der Waals surface area contributed by atoms with Crippen LogP contribution in [0.3, 0.4) is 0 Å². The Morgan fingerprint density at radius 1 is 1.28 bits per heavy atom. The summed E-state index contributed by atoms with van der Waals surface area (Å²) in [6.45, 7) is 0. The first-order chi connectivity index (χ1) is 8.58. The molecule has 2 aromatic rings. The number of pyridine rings is 1. The molecule has 0 spiro atoms. The van der Waals surface area contributed by atoms with Gasteiger partial charge < -0.3 is 19.6 Å². The van der Waals surface area contributed by atoms with Crippen LogP contribution in [-0.2, 0) is 4.74 Å². The number of nitrogens with one attached hydrogen (secondary N) is 1. The lowest BCUT2D eigenvalue weighted by Crippen LogP contribution is -2.14. The van der Waals surface area contributed by atoms with E-state index in [1.165, 1.54) is 19.2 Å². The summed E-state index contributed by atoms with van der Waals surface area (Å²) in [7, 11) is 2.64. The number of esters is 1. The lowest BCUT2D eigenvalue weighted by atomic mass is 10.1. The maximum atomic E-state index is 11.8. The molecule has 0 amide bonds. The highest BCUT2D eigenvalue weighted by atomic mass is 16.5. The summed E-state index contributed by atoms with van der Waals surface area (Å²) in [5.41, 5.74) is -0.762. The fourth-order valence-corrected chi connectivity index (χ4v) is 1.67. The molecule has 6 heteroatoms. The van der Waals surface area contributed by atoms with E-state index in [0.717, 1.165) is 7.11 Å². The van der Waals surface area contributed by atoms with Gasteiger partial charge in [-0.3, -0.25) is 4.79 Å². The molecule has 0 aliphatic carbocycles. The summed E-state index contributed by atoms with van der Waals surface area (Å²) in [5, 5.41) is 10.4. The average Bonchev–Trinajstić information content (AvgIpc) is 2.41. The molecule has 94 valence electrons. The van der Waals surface area contributed by atoms with Crippen molar-refractivity contribution in [3.63, 3.8) is 0 Å². The zero-order valence-electron chi connectivity index (χ0n) is 9.81. The van der Waals surface area contributed by atoms with E-state index in [9.17, 15) is 14.7 Å². The Kier molecular flexibility index (Phi) is 2.93. The largest absolute Gasteiger partial charge is 0.505 e.